The van der Waals surface area contributed by atoms with Gasteiger partial charge in [0.05, 0.1) is 0 Å². The van der Waals surface area contributed by atoms with Crippen molar-refractivity contribution in [1.29, 1.82) is 0 Å². The number of unbranched alkanes of at least 4 members (excludes halogenated alkanes) is 1. The van der Waals surface area contributed by atoms with E-state index in [4.69, 9.17) is 4.74 Å². The number of nitrogens with one attached hydrogen (secondary N) is 2. The highest BCUT2D eigenvalue weighted by Gasteiger charge is 2.08. The summed E-state index contributed by atoms with van der Waals surface area (Å²) in [6.45, 7) is 12.4. The van der Waals surface area contributed by atoms with E-state index >= 15 is 0 Å². The van der Waals surface area contributed by atoms with Crippen LogP contribution >= 0.6 is 24.0 Å². The van der Waals surface area contributed by atoms with Gasteiger partial charge < -0.3 is 15.4 Å². The van der Waals surface area contributed by atoms with Gasteiger partial charge in [-0.05, 0) is 31.6 Å². The van der Waals surface area contributed by atoms with E-state index in [-0.39, 0.29) is 24.0 Å². The predicted molar refractivity (Wildman–Crippen MR) is 99.2 cm³/mol. The van der Waals surface area contributed by atoms with E-state index < -0.39 is 0 Å². The van der Waals surface area contributed by atoms with Crippen LogP contribution in [-0.2, 0) is 4.74 Å². The fourth-order valence-electron chi connectivity index (χ4n) is 1.73. The molecule has 5 heteroatoms. The van der Waals surface area contributed by atoms with Crippen molar-refractivity contribution >= 4 is 29.9 Å². The Morgan fingerprint density at radius 2 is 1.65 bits per heavy atom. The predicted octanol–water partition coefficient (Wildman–Crippen LogP) is 3.41. The molecule has 2 N–H and O–H groups in total. The molecule has 0 aliphatic carbocycles. The Kier molecular flexibility index (Phi) is 15.5. The number of hydrogen-bond acceptors (Lipinski definition) is 2. The summed E-state index contributed by atoms with van der Waals surface area (Å²) in [5, 5.41) is 6.64. The van der Waals surface area contributed by atoms with Crippen molar-refractivity contribution in [3.8, 4) is 0 Å². The molecule has 0 rings (SSSR count). The Morgan fingerprint density at radius 1 is 1.05 bits per heavy atom. The maximum atomic E-state index is 5.29. The van der Waals surface area contributed by atoms with Crippen LogP contribution < -0.4 is 10.6 Å². The number of halogens is 1. The standard InChI is InChI=1S/C15H33N3O.HI/c1-6-19-13-9-12-18-14(16-5)17-11-8-7-10-15(2,3)4;/h6-13H2,1-5H3,(H2,16,17,18);1H. The summed E-state index contributed by atoms with van der Waals surface area (Å²) in [5.74, 6) is 0.896. The molecule has 0 aliphatic heterocycles. The van der Waals surface area contributed by atoms with Crippen molar-refractivity contribution in [2.45, 2.75) is 53.4 Å². The van der Waals surface area contributed by atoms with E-state index in [9.17, 15) is 0 Å². The number of rotatable bonds is 9. The molecule has 0 spiro atoms. The largest absolute Gasteiger partial charge is 0.382 e. The van der Waals surface area contributed by atoms with E-state index in [0.717, 1.165) is 38.7 Å². The molecule has 0 unspecified atom stereocenters. The molecule has 20 heavy (non-hydrogen) atoms. The molecule has 0 saturated carbocycles. The SMILES string of the molecule is CCOCCCNC(=NC)NCCCCC(C)(C)C.I. The summed E-state index contributed by atoms with van der Waals surface area (Å²) in [6, 6.07) is 0. The van der Waals surface area contributed by atoms with E-state index in [1.165, 1.54) is 19.3 Å². The molecule has 0 bridgehead atoms. The molecule has 122 valence electrons. The highest BCUT2D eigenvalue weighted by atomic mass is 127. The second-order valence-electron chi connectivity index (χ2n) is 5.99. The van der Waals surface area contributed by atoms with Crippen molar-refractivity contribution < 1.29 is 4.74 Å². The van der Waals surface area contributed by atoms with Crippen LogP contribution in [0.2, 0.25) is 0 Å². The molecular weight excluding hydrogens is 365 g/mol. The Balaban J connectivity index is 0. The fourth-order valence-corrected chi connectivity index (χ4v) is 1.73. The Bertz CT molecular complexity index is 240. The zero-order valence-electron chi connectivity index (χ0n) is 13.9. The van der Waals surface area contributed by atoms with Crippen molar-refractivity contribution in [3.63, 3.8) is 0 Å². The number of hydrogen-bond donors (Lipinski definition) is 2. The summed E-state index contributed by atoms with van der Waals surface area (Å²) in [7, 11) is 1.81. The molecule has 0 heterocycles. The Morgan fingerprint density at radius 3 is 2.15 bits per heavy atom. The normalized spacial score (nSPS) is 11.9. The molecular formula is C15H34IN3O. The third-order valence-electron chi connectivity index (χ3n) is 2.83. The van der Waals surface area contributed by atoms with Crippen LogP contribution in [0.1, 0.15) is 53.4 Å². The van der Waals surface area contributed by atoms with Crippen LogP contribution in [-0.4, -0.2) is 39.3 Å². The highest BCUT2D eigenvalue weighted by molar-refractivity contribution is 14.0. The lowest BCUT2D eigenvalue weighted by Gasteiger charge is -2.18. The van der Waals surface area contributed by atoms with E-state index in [0.29, 0.717) is 5.41 Å². The molecule has 0 aliphatic rings. The lowest BCUT2D eigenvalue weighted by Crippen LogP contribution is -2.38. The van der Waals surface area contributed by atoms with Crippen molar-refractivity contribution in [1.82, 2.24) is 10.6 Å². The van der Waals surface area contributed by atoms with Gasteiger partial charge in [-0.25, -0.2) is 0 Å². The molecule has 0 aromatic rings. The maximum Gasteiger partial charge on any atom is 0.190 e. The van der Waals surface area contributed by atoms with E-state index in [1.807, 2.05) is 14.0 Å². The molecule has 0 aromatic heterocycles. The first-order valence-electron chi connectivity index (χ1n) is 7.52. The van der Waals surface area contributed by atoms with Gasteiger partial charge in [0.25, 0.3) is 0 Å². The van der Waals surface area contributed by atoms with Crippen LogP contribution in [0.3, 0.4) is 0 Å². The lowest BCUT2D eigenvalue weighted by molar-refractivity contribution is 0.145. The Labute approximate surface area is 142 Å². The van der Waals surface area contributed by atoms with Gasteiger partial charge in [-0.15, -0.1) is 24.0 Å². The number of nitrogens with zero attached hydrogens (tertiary/aromatic N) is 1. The zero-order valence-corrected chi connectivity index (χ0v) is 16.3. The Hall–Kier alpha value is -0.0400. The third kappa shape index (κ3) is 16.0. The van der Waals surface area contributed by atoms with Crippen LogP contribution in [0, 0.1) is 5.41 Å². The first kappa shape index (κ1) is 22.2. The first-order valence-corrected chi connectivity index (χ1v) is 7.52. The number of ether oxygens (including phenoxy) is 1. The lowest BCUT2D eigenvalue weighted by atomic mass is 9.90. The van der Waals surface area contributed by atoms with Crippen molar-refractivity contribution in [2.75, 3.05) is 33.4 Å². The molecule has 0 fully saturated rings. The van der Waals surface area contributed by atoms with Gasteiger partial charge in [0.2, 0.25) is 0 Å². The molecule has 0 radical (unpaired) electrons. The minimum atomic E-state index is 0. The minimum Gasteiger partial charge on any atom is -0.382 e. The molecule has 4 nitrogen and oxygen atoms in total. The maximum absolute atomic E-state index is 5.29. The van der Waals surface area contributed by atoms with Crippen LogP contribution in [0.4, 0.5) is 0 Å². The number of aliphatic imine (C=N–C) groups is 1. The second kappa shape index (κ2) is 13.9. The topological polar surface area (TPSA) is 45.6 Å². The summed E-state index contributed by atoms with van der Waals surface area (Å²) < 4.78 is 5.29. The smallest absolute Gasteiger partial charge is 0.190 e. The summed E-state index contributed by atoms with van der Waals surface area (Å²) in [5.41, 5.74) is 0.444. The third-order valence-corrected chi connectivity index (χ3v) is 2.83. The quantitative estimate of drug-likeness (QED) is 0.270. The monoisotopic (exact) mass is 399 g/mol. The van der Waals surface area contributed by atoms with Gasteiger partial charge in [-0.1, -0.05) is 27.2 Å². The van der Waals surface area contributed by atoms with Gasteiger partial charge in [0.15, 0.2) is 5.96 Å². The fraction of sp³-hybridized carbons (Fsp3) is 0.933. The van der Waals surface area contributed by atoms with E-state index in [2.05, 4.69) is 36.4 Å². The summed E-state index contributed by atoms with van der Waals surface area (Å²) in [6.07, 6.45) is 4.74. The van der Waals surface area contributed by atoms with Crippen molar-refractivity contribution in [3.05, 3.63) is 0 Å². The average molecular weight is 399 g/mol. The van der Waals surface area contributed by atoms with Crippen molar-refractivity contribution in [2.24, 2.45) is 10.4 Å². The number of guanidine groups is 1. The van der Waals surface area contributed by atoms with E-state index in [1.54, 1.807) is 0 Å². The summed E-state index contributed by atoms with van der Waals surface area (Å²) in [4.78, 5) is 4.21. The molecule has 0 amide bonds. The van der Waals surface area contributed by atoms with Gasteiger partial charge in [0, 0.05) is 33.4 Å². The summed E-state index contributed by atoms with van der Waals surface area (Å²) >= 11 is 0. The first-order chi connectivity index (χ1) is 8.99. The zero-order chi connectivity index (χ0) is 14.6. The second-order valence-corrected chi connectivity index (χ2v) is 5.99. The van der Waals surface area contributed by atoms with Gasteiger partial charge in [0.1, 0.15) is 0 Å². The average Bonchev–Trinajstić information content (AvgIpc) is 2.34. The minimum absolute atomic E-state index is 0. The van der Waals surface area contributed by atoms with Gasteiger partial charge in [-0.3, -0.25) is 4.99 Å². The molecule has 0 saturated heterocycles. The van der Waals surface area contributed by atoms with Gasteiger partial charge in [-0.2, -0.15) is 0 Å². The van der Waals surface area contributed by atoms with Crippen LogP contribution in [0.15, 0.2) is 4.99 Å². The molecule has 0 aromatic carbocycles. The van der Waals surface area contributed by atoms with Crippen LogP contribution in [0.25, 0.3) is 0 Å². The highest BCUT2D eigenvalue weighted by Crippen LogP contribution is 2.20. The van der Waals surface area contributed by atoms with Gasteiger partial charge >= 0.3 is 0 Å². The molecule has 0 atom stereocenters. The van der Waals surface area contributed by atoms with Crippen LogP contribution in [0.5, 0.6) is 0 Å².